The van der Waals surface area contributed by atoms with Gasteiger partial charge in [-0.3, -0.25) is 19.3 Å². The topological polar surface area (TPSA) is 103 Å². The SMILES string of the molecule is COc1ccc(OC)c(NC(=O)C[C@H]2C(=O)NCCN2C(=O)CN2CCN(c3cccc(C(F)(F)F)c3)CC2)c1. The van der Waals surface area contributed by atoms with Crippen LogP contribution in [0, 0.1) is 0 Å². The van der Waals surface area contributed by atoms with E-state index in [2.05, 4.69) is 10.6 Å². The van der Waals surface area contributed by atoms with E-state index >= 15 is 0 Å². The molecule has 3 amide bonds. The van der Waals surface area contributed by atoms with Gasteiger partial charge >= 0.3 is 6.18 Å². The van der Waals surface area contributed by atoms with Crippen LogP contribution in [0.25, 0.3) is 0 Å². The first-order valence-corrected chi connectivity index (χ1v) is 12.8. The molecule has 2 aliphatic heterocycles. The summed E-state index contributed by atoms with van der Waals surface area (Å²) >= 11 is 0. The highest BCUT2D eigenvalue weighted by Gasteiger charge is 2.36. The molecule has 0 saturated carbocycles. The Hall–Kier alpha value is -4.00. The number of nitrogens with zero attached hydrogens (tertiary/aromatic N) is 3. The summed E-state index contributed by atoms with van der Waals surface area (Å²) in [7, 11) is 2.96. The lowest BCUT2D eigenvalue weighted by Gasteiger charge is -2.39. The number of hydrogen-bond acceptors (Lipinski definition) is 7. The summed E-state index contributed by atoms with van der Waals surface area (Å²) < 4.78 is 49.8. The standard InChI is InChI=1S/C27H32F3N5O5/c1-39-20-6-7-23(40-2)21(15-20)32-24(36)16-22-26(38)31-8-9-35(22)25(37)17-33-10-12-34(13-11-33)19-5-3-4-18(14-19)27(28,29)30/h3-7,14-15,22H,8-13,16-17H2,1-2H3,(H,31,38)(H,32,36)/t22-/m0/s1. The normalized spacial score (nSPS) is 18.2. The molecule has 216 valence electrons. The fraction of sp³-hybridized carbons (Fsp3) is 0.444. The van der Waals surface area contributed by atoms with Gasteiger partial charge in [0.05, 0.1) is 38.4 Å². The number of methoxy groups -OCH3 is 2. The van der Waals surface area contributed by atoms with Crippen LogP contribution >= 0.6 is 0 Å². The number of rotatable bonds is 8. The molecule has 2 saturated heterocycles. The molecule has 2 heterocycles. The summed E-state index contributed by atoms with van der Waals surface area (Å²) in [5.41, 5.74) is 0.151. The molecular formula is C27H32F3N5O5. The van der Waals surface area contributed by atoms with E-state index < -0.39 is 29.6 Å². The summed E-state index contributed by atoms with van der Waals surface area (Å²) in [6, 6.07) is 9.13. The third-order valence-electron chi connectivity index (χ3n) is 6.98. The lowest BCUT2D eigenvalue weighted by molar-refractivity contribution is -0.145. The fourth-order valence-electron chi connectivity index (χ4n) is 4.83. The summed E-state index contributed by atoms with van der Waals surface area (Å²) in [6.45, 7) is 2.38. The molecular weight excluding hydrogens is 531 g/mol. The molecule has 1 atom stereocenters. The summed E-state index contributed by atoms with van der Waals surface area (Å²) in [5.74, 6) is -0.252. The Kier molecular flexibility index (Phi) is 9.03. The average molecular weight is 564 g/mol. The van der Waals surface area contributed by atoms with Gasteiger partial charge in [0, 0.05) is 51.0 Å². The van der Waals surface area contributed by atoms with Crippen molar-refractivity contribution in [3.63, 3.8) is 0 Å². The molecule has 40 heavy (non-hydrogen) atoms. The van der Waals surface area contributed by atoms with Gasteiger partial charge in [0.1, 0.15) is 17.5 Å². The van der Waals surface area contributed by atoms with Crippen LogP contribution in [0.15, 0.2) is 42.5 Å². The number of nitrogens with one attached hydrogen (secondary N) is 2. The molecule has 0 unspecified atom stereocenters. The van der Waals surface area contributed by atoms with E-state index in [1.807, 2.05) is 9.80 Å². The molecule has 0 spiro atoms. The number of anilines is 2. The number of amides is 3. The number of carbonyl (C=O) groups excluding carboxylic acids is 3. The summed E-state index contributed by atoms with van der Waals surface area (Å²) in [4.78, 5) is 44.0. The average Bonchev–Trinajstić information content (AvgIpc) is 2.94. The maximum Gasteiger partial charge on any atom is 0.416 e. The second kappa shape index (κ2) is 12.5. The lowest BCUT2D eigenvalue weighted by atomic mass is 10.1. The van der Waals surface area contributed by atoms with Crippen LogP contribution in [-0.4, -0.2) is 93.6 Å². The van der Waals surface area contributed by atoms with E-state index in [-0.39, 0.29) is 32.0 Å². The van der Waals surface area contributed by atoms with E-state index in [0.717, 1.165) is 12.1 Å². The lowest BCUT2D eigenvalue weighted by Crippen LogP contribution is -2.60. The molecule has 4 rings (SSSR count). The van der Waals surface area contributed by atoms with Crippen molar-refractivity contribution < 1.29 is 37.0 Å². The van der Waals surface area contributed by atoms with Gasteiger partial charge in [-0.25, -0.2) is 0 Å². The highest BCUT2D eigenvalue weighted by molar-refractivity contribution is 5.98. The highest BCUT2D eigenvalue weighted by Crippen LogP contribution is 2.32. The van der Waals surface area contributed by atoms with Crippen molar-refractivity contribution >= 4 is 29.1 Å². The van der Waals surface area contributed by atoms with Crippen molar-refractivity contribution in [2.45, 2.75) is 18.6 Å². The minimum absolute atomic E-state index is 0.0333. The predicted molar refractivity (Wildman–Crippen MR) is 141 cm³/mol. The molecule has 2 aliphatic rings. The molecule has 0 aliphatic carbocycles. The summed E-state index contributed by atoms with van der Waals surface area (Å²) in [5, 5.41) is 5.44. The Morgan fingerprint density at radius 1 is 1.02 bits per heavy atom. The Balaban J connectivity index is 1.35. The third-order valence-corrected chi connectivity index (χ3v) is 6.98. The van der Waals surface area contributed by atoms with Crippen LogP contribution in [0.4, 0.5) is 24.5 Å². The maximum atomic E-state index is 13.2. The van der Waals surface area contributed by atoms with Gasteiger partial charge in [-0.15, -0.1) is 0 Å². The third kappa shape index (κ3) is 6.95. The van der Waals surface area contributed by atoms with E-state index in [0.29, 0.717) is 49.1 Å². The first-order chi connectivity index (χ1) is 19.1. The van der Waals surface area contributed by atoms with Crippen LogP contribution < -0.4 is 25.0 Å². The van der Waals surface area contributed by atoms with E-state index in [1.165, 1.54) is 25.2 Å². The molecule has 2 aromatic rings. The van der Waals surface area contributed by atoms with Gasteiger partial charge in [-0.05, 0) is 30.3 Å². The zero-order valence-electron chi connectivity index (χ0n) is 22.3. The maximum absolute atomic E-state index is 13.2. The Morgan fingerprint density at radius 3 is 2.45 bits per heavy atom. The minimum Gasteiger partial charge on any atom is -0.497 e. The van der Waals surface area contributed by atoms with Gasteiger partial charge in [-0.2, -0.15) is 13.2 Å². The number of halogens is 3. The van der Waals surface area contributed by atoms with E-state index in [9.17, 15) is 27.6 Å². The quantitative estimate of drug-likeness (QED) is 0.508. The zero-order valence-corrected chi connectivity index (χ0v) is 22.3. The predicted octanol–water partition coefficient (Wildman–Crippen LogP) is 2.20. The molecule has 2 fully saturated rings. The van der Waals surface area contributed by atoms with Gasteiger partial charge < -0.3 is 29.9 Å². The van der Waals surface area contributed by atoms with Crippen LogP contribution in [-0.2, 0) is 20.6 Å². The van der Waals surface area contributed by atoms with Crippen molar-refractivity contribution in [3.8, 4) is 11.5 Å². The minimum atomic E-state index is -4.42. The fourth-order valence-corrected chi connectivity index (χ4v) is 4.83. The molecule has 13 heteroatoms. The molecule has 2 N–H and O–H groups in total. The molecule has 0 aromatic heterocycles. The van der Waals surface area contributed by atoms with E-state index in [1.54, 1.807) is 24.3 Å². The van der Waals surface area contributed by atoms with Crippen molar-refractivity contribution in [2.24, 2.45) is 0 Å². The first-order valence-electron chi connectivity index (χ1n) is 12.8. The number of hydrogen-bond donors (Lipinski definition) is 2. The molecule has 10 nitrogen and oxygen atoms in total. The van der Waals surface area contributed by atoms with Crippen molar-refractivity contribution in [1.82, 2.24) is 15.1 Å². The largest absolute Gasteiger partial charge is 0.497 e. The number of alkyl halides is 3. The monoisotopic (exact) mass is 563 g/mol. The Bertz CT molecular complexity index is 1230. The smallest absolute Gasteiger partial charge is 0.416 e. The number of ether oxygens (including phenoxy) is 2. The second-order valence-electron chi connectivity index (χ2n) is 9.52. The van der Waals surface area contributed by atoms with Gasteiger partial charge in [0.2, 0.25) is 17.7 Å². The molecule has 0 radical (unpaired) electrons. The molecule has 0 bridgehead atoms. The number of piperazine rings is 2. The van der Waals surface area contributed by atoms with E-state index in [4.69, 9.17) is 9.47 Å². The number of carbonyl (C=O) groups is 3. The number of benzene rings is 2. The van der Waals surface area contributed by atoms with Gasteiger partial charge in [0.15, 0.2) is 0 Å². The Morgan fingerprint density at radius 2 is 1.77 bits per heavy atom. The Labute approximate surface area is 230 Å². The van der Waals surface area contributed by atoms with Gasteiger partial charge in [-0.1, -0.05) is 6.07 Å². The zero-order chi connectivity index (χ0) is 28.9. The van der Waals surface area contributed by atoms with Gasteiger partial charge in [0.25, 0.3) is 0 Å². The van der Waals surface area contributed by atoms with Crippen molar-refractivity contribution in [3.05, 3.63) is 48.0 Å². The first kappa shape index (κ1) is 29.0. The van der Waals surface area contributed by atoms with Crippen LogP contribution in [0.1, 0.15) is 12.0 Å². The van der Waals surface area contributed by atoms with Crippen molar-refractivity contribution in [1.29, 1.82) is 0 Å². The highest BCUT2D eigenvalue weighted by atomic mass is 19.4. The van der Waals surface area contributed by atoms with Crippen LogP contribution in [0.5, 0.6) is 11.5 Å². The van der Waals surface area contributed by atoms with Crippen molar-refractivity contribution in [2.75, 3.05) is 70.2 Å². The summed E-state index contributed by atoms with van der Waals surface area (Å²) in [6.07, 6.45) is -4.67. The van der Waals surface area contributed by atoms with Crippen LogP contribution in [0.3, 0.4) is 0 Å². The van der Waals surface area contributed by atoms with Crippen LogP contribution in [0.2, 0.25) is 0 Å². The molecule has 2 aromatic carbocycles. The second-order valence-corrected chi connectivity index (χ2v) is 9.52.